The lowest BCUT2D eigenvalue weighted by molar-refractivity contribution is -0.0546. The number of nitrogens with zero attached hydrogens (tertiary/aromatic N) is 1. The Morgan fingerprint density at radius 1 is 1.30 bits per heavy atom. The van der Waals surface area contributed by atoms with Crippen LogP contribution in [0.2, 0.25) is 0 Å². The molecule has 2 aliphatic rings. The Labute approximate surface area is 125 Å². The van der Waals surface area contributed by atoms with E-state index in [1.165, 1.54) is 25.7 Å². The van der Waals surface area contributed by atoms with Gasteiger partial charge in [-0.2, -0.15) is 0 Å². The van der Waals surface area contributed by atoms with Crippen LogP contribution in [0.1, 0.15) is 53.4 Å². The molecule has 0 spiro atoms. The summed E-state index contributed by atoms with van der Waals surface area (Å²) >= 11 is 0. The second-order valence-electron chi connectivity index (χ2n) is 7.49. The Balaban J connectivity index is 2.06. The van der Waals surface area contributed by atoms with Crippen LogP contribution in [0.3, 0.4) is 0 Å². The molecule has 0 aromatic carbocycles. The lowest BCUT2D eigenvalue weighted by Gasteiger charge is -2.48. The van der Waals surface area contributed by atoms with Gasteiger partial charge in [0, 0.05) is 25.2 Å². The van der Waals surface area contributed by atoms with Gasteiger partial charge < -0.3 is 10.1 Å². The van der Waals surface area contributed by atoms with Crippen molar-refractivity contribution < 1.29 is 4.74 Å². The maximum Gasteiger partial charge on any atom is 0.0674 e. The Bertz CT molecular complexity index is 305. The van der Waals surface area contributed by atoms with Crippen molar-refractivity contribution in [2.75, 3.05) is 26.7 Å². The quantitative estimate of drug-likeness (QED) is 0.858. The summed E-state index contributed by atoms with van der Waals surface area (Å²) in [6.07, 6.45) is 5.72. The molecule has 2 rings (SSSR count). The maximum atomic E-state index is 5.72. The van der Waals surface area contributed by atoms with E-state index in [4.69, 9.17) is 4.74 Å². The Hall–Kier alpha value is -0.120. The zero-order valence-electron chi connectivity index (χ0n) is 14.1. The van der Waals surface area contributed by atoms with E-state index < -0.39 is 0 Å². The number of ether oxygens (including phenoxy) is 1. The summed E-state index contributed by atoms with van der Waals surface area (Å²) in [6.45, 7) is 12.6. The third kappa shape index (κ3) is 3.55. The second kappa shape index (κ2) is 6.76. The first-order chi connectivity index (χ1) is 9.47. The van der Waals surface area contributed by atoms with Gasteiger partial charge in [0.2, 0.25) is 0 Å². The summed E-state index contributed by atoms with van der Waals surface area (Å²) in [5.41, 5.74) is 0.481. The highest BCUT2D eigenvalue weighted by molar-refractivity contribution is 4.95. The van der Waals surface area contributed by atoms with Gasteiger partial charge in [0.15, 0.2) is 0 Å². The van der Waals surface area contributed by atoms with Crippen LogP contribution in [0.15, 0.2) is 0 Å². The number of hydrogen-bond donors (Lipinski definition) is 1. The monoisotopic (exact) mass is 282 g/mol. The van der Waals surface area contributed by atoms with E-state index in [0.717, 1.165) is 25.6 Å². The molecule has 0 bridgehead atoms. The van der Waals surface area contributed by atoms with Crippen LogP contribution in [0.25, 0.3) is 0 Å². The SMILES string of the molecule is CCC(C)(C)C1CCC(NC)C(N2CCOC(C)C2)C1. The van der Waals surface area contributed by atoms with Crippen LogP contribution in [-0.4, -0.2) is 49.8 Å². The van der Waals surface area contributed by atoms with Crippen LogP contribution in [0, 0.1) is 11.3 Å². The Kier molecular flexibility index (Phi) is 5.49. The number of hydrogen-bond acceptors (Lipinski definition) is 3. The van der Waals surface area contributed by atoms with Crippen LogP contribution < -0.4 is 5.32 Å². The number of likely N-dealkylation sites (N-methyl/N-ethyl adjacent to an activating group) is 1. The first-order valence-corrected chi connectivity index (χ1v) is 8.50. The molecule has 0 aromatic rings. The number of morpholine rings is 1. The van der Waals surface area contributed by atoms with Gasteiger partial charge in [0.05, 0.1) is 12.7 Å². The van der Waals surface area contributed by atoms with E-state index in [1.54, 1.807) is 0 Å². The topological polar surface area (TPSA) is 24.5 Å². The molecule has 0 aromatic heterocycles. The fourth-order valence-electron chi connectivity index (χ4n) is 4.03. The Morgan fingerprint density at radius 3 is 2.65 bits per heavy atom. The molecule has 3 nitrogen and oxygen atoms in total. The average Bonchev–Trinajstić information content (AvgIpc) is 2.46. The first-order valence-electron chi connectivity index (χ1n) is 8.50. The largest absolute Gasteiger partial charge is 0.376 e. The molecule has 1 saturated carbocycles. The van der Waals surface area contributed by atoms with Gasteiger partial charge >= 0.3 is 0 Å². The van der Waals surface area contributed by atoms with Crippen LogP contribution >= 0.6 is 0 Å². The zero-order chi connectivity index (χ0) is 14.8. The molecule has 20 heavy (non-hydrogen) atoms. The average molecular weight is 282 g/mol. The van der Waals surface area contributed by atoms with E-state index in [-0.39, 0.29) is 0 Å². The Morgan fingerprint density at radius 2 is 2.05 bits per heavy atom. The predicted molar refractivity (Wildman–Crippen MR) is 85.0 cm³/mol. The van der Waals surface area contributed by atoms with E-state index in [2.05, 4.69) is 45.0 Å². The first kappa shape index (κ1) is 16.3. The van der Waals surface area contributed by atoms with Crippen molar-refractivity contribution in [2.24, 2.45) is 11.3 Å². The van der Waals surface area contributed by atoms with Gasteiger partial charge in [-0.15, -0.1) is 0 Å². The van der Waals surface area contributed by atoms with Gasteiger partial charge in [-0.3, -0.25) is 4.90 Å². The van der Waals surface area contributed by atoms with Gasteiger partial charge in [0.1, 0.15) is 0 Å². The molecule has 0 amide bonds. The highest BCUT2D eigenvalue weighted by atomic mass is 16.5. The molecule has 0 radical (unpaired) electrons. The van der Waals surface area contributed by atoms with Crippen molar-refractivity contribution >= 4 is 0 Å². The number of rotatable bonds is 4. The standard InChI is InChI=1S/C17H34N2O/c1-6-17(3,4)14-7-8-15(18-5)16(11-14)19-9-10-20-13(2)12-19/h13-16,18H,6-12H2,1-5H3. The molecule has 2 fully saturated rings. The summed E-state index contributed by atoms with van der Waals surface area (Å²) in [5.74, 6) is 0.861. The normalized spacial score (nSPS) is 37.0. The lowest BCUT2D eigenvalue weighted by Crippen LogP contribution is -2.57. The van der Waals surface area contributed by atoms with Gasteiger partial charge in [-0.05, 0) is 44.6 Å². The van der Waals surface area contributed by atoms with Crippen LogP contribution in [0.4, 0.5) is 0 Å². The van der Waals surface area contributed by atoms with Crippen molar-refractivity contribution in [2.45, 2.75) is 71.6 Å². The van der Waals surface area contributed by atoms with E-state index in [1.807, 2.05) is 0 Å². The van der Waals surface area contributed by atoms with Crippen molar-refractivity contribution in [3.05, 3.63) is 0 Å². The second-order valence-corrected chi connectivity index (χ2v) is 7.49. The molecule has 118 valence electrons. The highest BCUT2D eigenvalue weighted by Crippen LogP contribution is 2.41. The van der Waals surface area contributed by atoms with E-state index in [9.17, 15) is 0 Å². The molecule has 1 heterocycles. The lowest BCUT2D eigenvalue weighted by atomic mass is 9.67. The van der Waals surface area contributed by atoms with Crippen LogP contribution in [0.5, 0.6) is 0 Å². The smallest absolute Gasteiger partial charge is 0.0674 e. The molecular weight excluding hydrogens is 248 g/mol. The molecule has 4 atom stereocenters. The molecule has 4 unspecified atom stereocenters. The van der Waals surface area contributed by atoms with Gasteiger partial charge in [0.25, 0.3) is 0 Å². The van der Waals surface area contributed by atoms with Crippen molar-refractivity contribution in [3.63, 3.8) is 0 Å². The minimum absolute atomic E-state index is 0.390. The van der Waals surface area contributed by atoms with Gasteiger partial charge in [-0.25, -0.2) is 0 Å². The van der Waals surface area contributed by atoms with Gasteiger partial charge in [-0.1, -0.05) is 27.2 Å². The van der Waals surface area contributed by atoms with Crippen molar-refractivity contribution in [1.82, 2.24) is 10.2 Å². The minimum Gasteiger partial charge on any atom is -0.376 e. The molecular formula is C17H34N2O. The summed E-state index contributed by atoms with van der Waals surface area (Å²) < 4.78 is 5.72. The van der Waals surface area contributed by atoms with Crippen LogP contribution in [-0.2, 0) is 4.74 Å². The fraction of sp³-hybridized carbons (Fsp3) is 1.00. The predicted octanol–water partition coefficient (Wildman–Crippen LogP) is 2.90. The van der Waals surface area contributed by atoms with E-state index >= 15 is 0 Å². The summed E-state index contributed by atoms with van der Waals surface area (Å²) in [5, 5.41) is 3.57. The molecule has 1 aliphatic carbocycles. The summed E-state index contributed by atoms with van der Waals surface area (Å²) in [7, 11) is 2.13. The highest BCUT2D eigenvalue weighted by Gasteiger charge is 2.39. The van der Waals surface area contributed by atoms with Crippen molar-refractivity contribution in [3.8, 4) is 0 Å². The third-order valence-corrected chi connectivity index (χ3v) is 5.95. The molecule has 1 aliphatic heterocycles. The third-order valence-electron chi connectivity index (χ3n) is 5.95. The zero-order valence-corrected chi connectivity index (χ0v) is 14.1. The minimum atomic E-state index is 0.390. The van der Waals surface area contributed by atoms with Crippen molar-refractivity contribution in [1.29, 1.82) is 0 Å². The maximum absolute atomic E-state index is 5.72. The summed E-state index contributed by atoms with van der Waals surface area (Å²) in [6, 6.07) is 1.35. The molecule has 1 saturated heterocycles. The molecule has 1 N–H and O–H groups in total. The molecule has 3 heteroatoms. The fourth-order valence-corrected chi connectivity index (χ4v) is 4.03. The van der Waals surface area contributed by atoms with E-state index in [0.29, 0.717) is 23.6 Å². The number of nitrogens with one attached hydrogen (secondary N) is 1. The summed E-state index contributed by atoms with van der Waals surface area (Å²) in [4.78, 5) is 2.69.